The summed E-state index contributed by atoms with van der Waals surface area (Å²) in [6.07, 6.45) is 4.69. The third-order valence-electron chi connectivity index (χ3n) is 4.33. The van der Waals surface area contributed by atoms with E-state index in [4.69, 9.17) is 0 Å². The summed E-state index contributed by atoms with van der Waals surface area (Å²) in [5.74, 6) is -0.288. The standard InChI is InChI=1S/C21H17N5O2/c27-19(24-10-15-6-2-1-3-7-15)13-26-21(28)18-9-5-4-8-17(18)20(25-26)16-11-22-14-23-12-16/h1-9,11-12,14H,10,13H2,(H,24,27). The van der Waals surface area contributed by atoms with Gasteiger partial charge < -0.3 is 5.32 Å². The number of carbonyl (C=O) groups is 1. The van der Waals surface area contributed by atoms with E-state index in [1.165, 1.54) is 11.0 Å². The Morgan fingerprint density at radius 2 is 1.61 bits per heavy atom. The van der Waals surface area contributed by atoms with Crippen LogP contribution >= 0.6 is 0 Å². The van der Waals surface area contributed by atoms with Gasteiger partial charge in [-0.15, -0.1) is 0 Å². The van der Waals surface area contributed by atoms with E-state index in [0.29, 0.717) is 28.6 Å². The molecule has 0 saturated heterocycles. The molecule has 0 aliphatic heterocycles. The fraction of sp³-hybridized carbons (Fsp3) is 0.0952. The summed E-state index contributed by atoms with van der Waals surface area (Å²) in [5, 5.41) is 8.44. The predicted molar refractivity (Wildman–Crippen MR) is 105 cm³/mol. The van der Waals surface area contributed by atoms with Crippen molar-refractivity contribution in [1.82, 2.24) is 25.1 Å². The van der Waals surface area contributed by atoms with Gasteiger partial charge in [-0.05, 0) is 11.6 Å². The maximum atomic E-state index is 12.8. The summed E-state index contributed by atoms with van der Waals surface area (Å²) in [6.45, 7) is 0.221. The molecule has 4 rings (SSSR count). The normalized spacial score (nSPS) is 10.7. The zero-order valence-corrected chi connectivity index (χ0v) is 14.9. The lowest BCUT2D eigenvalue weighted by molar-refractivity contribution is -0.122. The first kappa shape index (κ1) is 17.5. The van der Waals surface area contributed by atoms with Crippen molar-refractivity contribution in [2.24, 2.45) is 0 Å². The fourth-order valence-corrected chi connectivity index (χ4v) is 2.97. The van der Waals surface area contributed by atoms with Gasteiger partial charge in [0.05, 0.1) is 5.39 Å². The lowest BCUT2D eigenvalue weighted by Gasteiger charge is -2.11. The van der Waals surface area contributed by atoms with Crippen molar-refractivity contribution in [3.63, 3.8) is 0 Å². The van der Waals surface area contributed by atoms with Crippen molar-refractivity contribution in [3.05, 3.63) is 89.2 Å². The Labute approximate surface area is 160 Å². The van der Waals surface area contributed by atoms with Gasteiger partial charge in [0.25, 0.3) is 5.56 Å². The number of rotatable bonds is 5. The van der Waals surface area contributed by atoms with Gasteiger partial charge in [0.1, 0.15) is 18.6 Å². The molecule has 0 unspecified atom stereocenters. The summed E-state index contributed by atoms with van der Waals surface area (Å²) >= 11 is 0. The topological polar surface area (TPSA) is 89.8 Å². The molecule has 2 heterocycles. The summed E-state index contributed by atoms with van der Waals surface area (Å²) in [5.41, 5.74) is 1.91. The van der Waals surface area contributed by atoms with E-state index in [-0.39, 0.29) is 18.0 Å². The molecule has 0 aliphatic rings. The van der Waals surface area contributed by atoms with Crippen molar-refractivity contribution >= 4 is 16.7 Å². The molecule has 0 aliphatic carbocycles. The molecule has 4 aromatic rings. The summed E-state index contributed by atoms with van der Waals surface area (Å²) in [6, 6.07) is 16.8. The van der Waals surface area contributed by atoms with Crippen LogP contribution in [0.5, 0.6) is 0 Å². The molecule has 2 aromatic heterocycles. The SMILES string of the molecule is O=C(Cn1nc(-c2cncnc2)c2ccccc2c1=O)NCc1ccccc1. The van der Waals surface area contributed by atoms with E-state index < -0.39 is 0 Å². The van der Waals surface area contributed by atoms with Crippen LogP contribution in [0.25, 0.3) is 22.0 Å². The molecule has 0 saturated carbocycles. The molecule has 2 aromatic carbocycles. The minimum atomic E-state index is -0.314. The molecule has 138 valence electrons. The predicted octanol–water partition coefficient (Wildman–Crippen LogP) is 2.17. The number of hydrogen-bond donors (Lipinski definition) is 1. The summed E-state index contributed by atoms with van der Waals surface area (Å²) in [7, 11) is 0. The Hall–Kier alpha value is -3.87. The third kappa shape index (κ3) is 3.64. The molecule has 28 heavy (non-hydrogen) atoms. The van der Waals surface area contributed by atoms with Crippen LogP contribution in [0, 0.1) is 0 Å². The zero-order chi connectivity index (χ0) is 19.3. The second-order valence-electron chi connectivity index (χ2n) is 6.25. The molecule has 7 nitrogen and oxygen atoms in total. The van der Waals surface area contributed by atoms with E-state index >= 15 is 0 Å². The van der Waals surface area contributed by atoms with Gasteiger partial charge in [-0.1, -0.05) is 48.5 Å². The first-order valence-electron chi connectivity index (χ1n) is 8.78. The van der Waals surface area contributed by atoms with Gasteiger partial charge >= 0.3 is 0 Å². The Kier molecular flexibility index (Phi) is 4.88. The fourth-order valence-electron chi connectivity index (χ4n) is 2.97. The van der Waals surface area contributed by atoms with E-state index in [9.17, 15) is 9.59 Å². The zero-order valence-electron chi connectivity index (χ0n) is 14.9. The van der Waals surface area contributed by atoms with Crippen LogP contribution in [0.2, 0.25) is 0 Å². The Morgan fingerprint density at radius 1 is 0.929 bits per heavy atom. The summed E-state index contributed by atoms with van der Waals surface area (Å²) < 4.78 is 1.19. The number of carbonyl (C=O) groups excluding carboxylic acids is 1. The largest absolute Gasteiger partial charge is 0.350 e. The molecule has 7 heteroatoms. The Balaban J connectivity index is 1.66. The van der Waals surface area contributed by atoms with Crippen molar-refractivity contribution in [1.29, 1.82) is 0 Å². The van der Waals surface area contributed by atoms with Crippen molar-refractivity contribution < 1.29 is 4.79 Å². The molecule has 0 radical (unpaired) electrons. The molecule has 0 fully saturated rings. The quantitative estimate of drug-likeness (QED) is 0.581. The van der Waals surface area contributed by atoms with Crippen LogP contribution in [-0.2, 0) is 17.9 Å². The van der Waals surface area contributed by atoms with E-state index in [2.05, 4.69) is 20.4 Å². The minimum Gasteiger partial charge on any atom is -0.350 e. The van der Waals surface area contributed by atoms with Gasteiger partial charge in [-0.2, -0.15) is 5.10 Å². The van der Waals surface area contributed by atoms with Crippen molar-refractivity contribution in [3.8, 4) is 11.3 Å². The molecular formula is C21H17N5O2. The minimum absolute atomic E-state index is 0.169. The Morgan fingerprint density at radius 3 is 2.36 bits per heavy atom. The van der Waals surface area contributed by atoms with Crippen LogP contribution in [0.1, 0.15) is 5.56 Å². The molecule has 0 atom stereocenters. The van der Waals surface area contributed by atoms with E-state index in [1.54, 1.807) is 24.5 Å². The molecule has 1 amide bonds. The average Bonchev–Trinajstić information content (AvgIpc) is 2.76. The number of nitrogens with zero attached hydrogens (tertiary/aromatic N) is 4. The molecule has 0 bridgehead atoms. The highest BCUT2D eigenvalue weighted by Gasteiger charge is 2.14. The van der Waals surface area contributed by atoms with Crippen molar-refractivity contribution in [2.75, 3.05) is 0 Å². The van der Waals surface area contributed by atoms with Crippen LogP contribution in [0.3, 0.4) is 0 Å². The second kappa shape index (κ2) is 7.79. The maximum Gasteiger partial charge on any atom is 0.275 e. The van der Waals surface area contributed by atoms with Gasteiger partial charge in [-0.3, -0.25) is 9.59 Å². The first-order valence-corrected chi connectivity index (χ1v) is 8.78. The van der Waals surface area contributed by atoms with Gasteiger partial charge in [0, 0.05) is 29.9 Å². The van der Waals surface area contributed by atoms with Crippen LogP contribution in [0.15, 0.2) is 78.1 Å². The van der Waals surface area contributed by atoms with E-state index in [1.807, 2.05) is 42.5 Å². The molecular weight excluding hydrogens is 354 g/mol. The maximum absolute atomic E-state index is 12.8. The lowest BCUT2D eigenvalue weighted by atomic mass is 10.1. The average molecular weight is 371 g/mol. The van der Waals surface area contributed by atoms with Crippen molar-refractivity contribution in [2.45, 2.75) is 13.1 Å². The highest BCUT2D eigenvalue weighted by molar-refractivity contribution is 5.93. The van der Waals surface area contributed by atoms with Crippen LogP contribution < -0.4 is 10.9 Å². The second-order valence-corrected chi connectivity index (χ2v) is 6.25. The number of aromatic nitrogens is 4. The highest BCUT2D eigenvalue weighted by Crippen LogP contribution is 2.23. The molecule has 0 spiro atoms. The number of amides is 1. The monoisotopic (exact) mass is 371 g/mol. The van der Waals surface area contributed by atoms with Gasteiger partial charge in [-0.25, -0.2) is 14.6 Å². The number of hydrogen-bond acceptors (Lipinski definition) is 5. The highest BCUT2D eigenvalue weighted by atomic mass is 16.2. The lowest BCUT2D eigenvalue weighted by Crippen LogP contribution is -2.33. The third-order valence-corrected chi connectivity index (χ3v) is 4.33. The van der Waals surface area contributed by atoms with Crippen LogP contribution in [-0.4, -0.2) is 25.7 Å². The van der Waals surface area contributed by atoms with Gasteiger partial charge in [0.2, 0.25) is 5.91 Å². The van der Waals surface area contributed by atoms with E-state index in [0.717, 1.165) is 5.56 Å². The van der Waals surface area contributed by atoms with Gasteiger partial charge in [0.15, 0.2) is 0 Å². The number of nitrogens with one attached hydrogen (secondary N) is 1. The first-order chi connectivity index (χ1) is 13.7. The molecule has 1 N–H and O–H groups in total. The number of benzene rings is 2. The summed E-state index contributed by atoms with van der Waals surface area (Å²) in [4.78, 5) is 33.2. The number of fused-ring (bicyclic) bond motifs is 1. The van der Waals surface area contributed by atoms with Crippen LogP contribution in [0.4, 0.5) is 0 Å². The Bertz CT molecular complexity index is 1170. The smallest absolute Gasteiger partial charge is 0.275 e.